The second kappa shape index (κ2) is 6.25. The highest BCUT2D eigenvalue weighted by Crippen LogP contribution is 2.18. The van der Waals surface area contributed by atoms with Crippen LogP contribution in [0.4, 0.5) is 5.69 Å². The summed E-state index contributed by atoms with van der Waals surface area (Å²) < 4.78 is 5.21. The highest BCUT2D eigenvalue weighted by molar-refractivity contribution is 5.46. The molecule has 3 nitrogen and oxygen atoms in total. The summed E-state index contributed by atoms with van der Waals surface area (Å²) in [6, 6.07) is 14.3. The van der Waals surface area contributed by atoms with Gasteiger partial charge in [-0.2, -0.15) is 0 Å². The summed E-state index contributed by atoms with van der Waals surface area (Å²) in [4.78, 5) is 0. The van der Waals surface area contributed by atoms with E-state index < -0.39 is 0 Å². The van der Waals surface area contributed by atoms with Crippen LogP contribution in [0.2, 0.25) is 0 Å². The molecule has 2 rings (SSSR count). The number of nitrogens with one attached hydrogen (secondary N) is 1. The highest BCUT2D eigenvalue weighted by Gasteiger charge is 2.00. The van der Waals surface area contributed by atoms with Crippen LogP contribution in [-0.4, -0.2) is 7.11 Å². The van der Waals surface area contributed by atoms with Crippen molar-refractivity contribution in [2.45, 2.75) is 20.0 Å². The van der Waals surface area contributed by atoms with Gasteiger partial charge in [0.2, 0.25) is 0 Å². The minimum absolute atomic E-state index is 0.581. The number of methoxy groups -OCH3 is 1. The standard InChI is InChI=1S/C16H20N2O/c1-12-9-16(19-2)8-5-14(12)11-18-15-6-3-13(10-17)4-7-15/h3-9,18H,10-11,17H2,1-2H3. The first-order chi connectivity index (χ1) is 9.22. The number of rotatable bonds is 5. The lowest BCUT2D eigenvalue weighted by Gasteiger charge is -2.11. The van der Waals surface area contributed by atoms with Crippen LogP contribution in [0.3, 0.4) is 0 Å². The van der Waals surface area contributed by atoms with E-state index in [1.807, 2.05) is 18.2 Å². The molecule has 0 bridgehead atoms. The van der Waals surface area contributed by atoms with Crippen LogP contribution in [0.25, 0.3) is 0 Å². The summed E-state index contributed by atoms with van der Waals surface area (Å²) in [6.45, 7) is 3.48. The second-order valence-electron chi connectivity index (χ2n) is 4.55. The SMILES string of the molecule is COc1ccc(CNc2ccc(CN)cc2)c(C)c1. The number of anilines is 1. The van der Waals surface area contributed by atoms with Gasteiger partial charge in [0, 0.05) is 18.8 Å². The smallest absolute Gasteiger partial charge is 0.119 e. The van der Waals surface area contributed by atoms with Gasteiger partial charge in [0.1, 0.15) is 5.75 Å². The molecular weight excluding hydrogens is 236 g/mol. The first-order valence-electron chi connectivity index (χ1n) is 6.39. The van der Waals surface area contributed by atoms with Crippen LogP contribution in [0.5, 0.6) is 5.75 Å². The fourth-order valence-electron chi connectivity index (χ4n) is 1.95. The van der Waals surface area contributed by atoms with Gasteiger partial charge in [-0.25, -0.2) is 0 Å². The first-order valence-corrected chi connectivity index (χ1v) is 6.39. The van der Waals surface area contributed by atoms with Crippen molar-refractivity contribution in [1.29, 1.82) is 0 Å². The zero-order chi connectivity index (χ0) is 13.7. The normalized spacial score (nSPS) is 10.3. The van der Waals surface area contributed by atoms with Crippen LogP contribution in [0.1, 0.15) is 16.7 Å². The van der Waals surface area contributed by atoms with Crippen molar-refractivity contribution in [3.05, 3.63) is 59.2 Å². The molecule has 0 heterocycles. The average Bonchev–Trinajstić information content (AvgIpc) is 2.46. The largest absolute Gasteiger partial charge is 0.497 e. The van der Waals surface area contributed by atoms with E-state index in [1.54, 1.807) is 7.11 Å². The molecule has 0 amide bonds. The van der Waals surface area contributed by atoms with Crippen molar-refractivity contribution >= 4 is 5.69 Å². The van der Waals surface area contributed by atoms with E-state index in [1.165, 1.54) is 11.1 Å². The van der Waals surface area contributed by atoms with E-state index >= 15 is 0 Å². The van der Waals surface area contributed by atoms with Gasteiger partial charge in [0.25, 0.3) is 0 Å². The topological polar surface area (TPSA) is 47.3 Å². The molecule has 3 heteroatoms. The number of hydrogen-bond acceptors (Lipinski definition) is 3. The molecule has 0 atom stereocenters. The van der Waals surface area contributed by atoms with E-state index in [2.05, 4.69) is 36.5 Å². The van der Waals surface area contributed by atoms with Gasteiger partial charge in [-0.3, -0.25) is 0 Å². The maximum absolute atomic E-state index is 5.58. The molecule has 0 saturated carbocycles. The van der Waals surface area contributed by atoms with Crippen LogP contribution in [0.15, 0.2) is 42.5 Å². The van der Waals surface area contributed by atoms with Crippen molar-refractivity contribution in [2.24, 2.45) is 5.73 Å². The quantitative estimate of drug-likeness (QED) is 0.864. The summed E-state index contributed by atoms with van der Waals surface area (Å²) in [5.41, 5.74) is 10.3. The van der Waals surface area contributed by atoms with E-state index in [-0.39, 0.29) is 0 Å². The van der Waals surface area contributed by atoms with Crippen molar-refractivity contribution in [2.75, 3.05) is 12.4 Å². The Kier molecular flexibility index (Phi) is 4.42. The van der Waals surface area contributed by atoms with Crippen LogP contribution >= 0.6 is 0 Å². The maximum atomic E-state index is 5.58. The lowest BCUT2D eigenvalue weighted by atomic mass is 10.1. The summed E-state index contributed by atoms with van der Waals surface area (Å²) in [6.07, 6.45) is 0. The minimum atomic E-state index is 0.581. The Balaban J connectivity index is 2.01. The van der Waals surface area contributed by atoms with Crippen molar-refractivity contribution < 1.29 is 4.74 Å². The number of nitrogens with two attached hydrogens (primary N) is 1. The third-order valence-electron chi connectivity index (χ3n) is 3.22. The zero-order valence-corrected chi connectivity index (χ0v) is 11.4. The molecule has 0 unspecified atom stereocenters. The predicted molar refractivity (Wildman–Crippen MR) is 79.4 cm³/mol. The fraction of sp³-hybridized carbons (Fsp3) is 0.250. The first kappa shape index (κ1) is 13.4. The van der Waals surface area contributed by atoms with Crippen molar-refractivity contribution in [3.63, 3.8) is 0 Å². The molecule has 19 heavy (non-hydrogen) atoms. The van der Waals surface area contributed by atoms with Gasteiger partial charge >= 0.3 is 0 Å². The molecule has 2 aromatic rings. The maximum Gasteiger partial charge on any atom is 0.119 e. The number of aryl methyl sites for hydroxylation is 1. The number of ether oxygens (including phenoxy) is 1. The Hall–Kier alpha value is -2.00. The third-order valence-corrected chi connectivity index (χ3v) is 3.22. The average molecular weight is 256 g/mol. The van der Waals surface area contributed by atoms with Crippen molar-refractivity contribution in [3.8, 4) is 5.75 Å². The molecule has 2 aromatic carbocycles. The van der Waals surface area contributed by atoms with E-state index in [0.29, 0.717) is 6.54 Å². The van der Waals surface area contributed by atoms with Gasteiger partial charge in [-0.15, -0.1) is 0 Å². The Morgan fingerprint density at radius 2 is 1.84 bits per heavy atom. The molecule has 0 spiro atoms. The Labute approximate surface area is 114 Å². The van der Waals surface area contributed by atoms with Crippen LogP contribution in [0, 0.1) is 6.92 Å². The molecule has 3 N–H and O–H groups in total. The Morgan fingerprint density at radius 1 is 1.11 bits per heavy atom. The summed E-state index contributed by atoms with van der Waals surface area (Å²) >= 11 is 0. The molecule has 0 aliphatic rings. The summed E-state index contributed by atoms with van der Waals surface area (Å²) in [5, 5.41) is 3.41. The van der Waals surface area contributed by atoms with Gasteiger partial charge in [0.05, 0.1) is 7.11 Å². The van der Waals surface area contributed by atoms with Crippen LogP contribution < -0.4 is 15.8 Å². The zero-order valence-electron chi connectivity index (χ0n) is 11.4. The second-order valence-corrected chi connectivity index (χ2v) is 4.55. The van der Waals surface area contributed by atoms with Gasteiger partial charge in [-0.1, -0.05) is 18.2 Å². The molecule has 0 radical (unpaired) electrons. The van der Waals surface area contributed by atoms with Gasteiger partial charge < -0.3 is 15.8 Å². The highest BCUT2D eigenvalue weighted by atomic mass is 16.5. The monoisotopic (exact) mass is 256 g/mol. The van der Waals surface area contributed by atoms with Gasteiger partial charge in [-0.05, 0) is 47.9 Å². The molecule has 0 aromatic heterocycles. The Bertz CT molecular complexity index is 535. The van der Waals surface area contributed by atoms with E-state index in [9.17, 15) is 0 Å². The molecule has 0 saturated heterocycles. The van der Waals surface area contributed by atoms with E-state index in [0.717, 1.165) is 23.5 Å². The van der Waals surface area contributed by atoms with Gasteiger partial charge in [0.15, 0.2) is 0 Å². The van der Waals surface area contributed by atoms with Crippen molar-refractivity contribution in [1.82, 2.24) is 0 Å². The molecule has 100 valence electrons. The fourth-order valence-corrected chi connectivity index (χ4v) is 1.95. The molecule has 0 fully saturated rings. The number of benzene rings is 2. The molecule has 0 aliphatic heterocycles. The predicted octanol–water partition coefficient (Wildman–Crippen LogP) is 3.07. The lowest BCUT2D eigenvalue weighted by Crippen LogP contribution is -2.02. The number of hydrogen-bond donors (Lipinski definition) is 2. The lowest BCUT2D eigenvalue weighted by molar-refractivity contribution is 0.414. The summed E-state index contributed by atoms with van der Waals surface area (Å²) in [5.74, 6) is 0.897. The summed E-state index contributed by atoms with van der Waals surface area (Å²) in [7, 11) is 1.69. The van der Waals surface area contributed by atoms with Crippen LogP contribution in [-0.2, 0) is 13.1 Å². The Morgan fingerprint density at radius 3 is 2.42 bits per heavy atom. The van der Waals surface area contributed by atoms with E-state index in [4.69, 9.17) is 10.5 Å². The molecular formula is C16H20N2O. The minimum Gasteiger partial charge on any atom is -0.497 e. The third kappa shape index (κ3) is 3.48. The molecule has 0 aliphatic carbocycles.